The molecule has 2 amide bonds. The molecule has 0 aliphatic rings. The predicted molar refractivity (Wildman–Crippen MR) is 113 cm³/mol. The van der Waals surface area contributed by atoms with E-state index in [0.29, 0.717) is 17.3 Å². The van der Waals surface area contributed by atoms with E-state index in [1.807, 2.05) is 31.2 Å². The minimum absolute atomic E-state index is 0.177. The van der Waals surface area contributed by atoms with Gasteiger partial charge in [0.1, 0.15) is 17.5 Å². The lowest BCUT2D eigenvalue weighted by atomic mass is 10.1. The normalized spacial score (nSPS) is 11.4. The molecule has 156 valence electrons. The summed E-state index contributed by atoms with van der Waals surface area (Å²) in [6.45, 7) is 4.37. The van der Waals surface area contributed by atoms with Crippen molar-refractivity contribution in [1.29, 1.82) is 0 Å². The number of benzene rings is 2. The number of ether oxygens (including phenoxy) is 2. The van der Waals surface area contributed by atoms with Gasteiger partial charge >= 0.3 is 0 Å². The maximum Gasteiger partial charge on any atom is 0.261 e. The second-order valence-corrected chi connectivity index (χ2v) is 7.02. The van der Waals surface area contributed by atoms with Gasteiger partial charge < -0.3 is 19.7 Å². The Balaban J connectivity index is 2.11. The Bertz CT molecular complexity index is 793. The van der Waals surface area contributed by atoms with E-state index in [9.17, 15) is 9.59 Å². The van der Waals surface area contributed by atoms with Crippen LogP contribution in [-0.4, -0.2) is 43.0 Å². The SMILES string of the molecule is CCCNC(=O)[C@@H](C)N(Cc1ccc(OC)cc1)C(=O)COc1ccc(Cl)cc1. The number of halogens is 1. The third-order valence-electron chi connectivity index (χ3n) is 4.40. The number of carbonyl (C=O) groups excluding carboxylic acids is 2. The summed E-state index contributed by atoms with van der Waals surface area (Å²) in [4.78, 5) is 26.9. The molecule has 2 aromatic rings. The quantitative estimate of drug-likeness (QED) is 0.639. The summed E-state index contributed by atoms with van der Waals surface area (Å²) in [6.07, 6.45) is 0.824. The molecule has 0 fully saturated rings. The standard InChI is InChI=1S/C22H27ClN2O4/c1-4-13-24-22(27)16(2)25(14-17-5-9-19(28-3)10-6-17)21(26)15-29-20-11-7-18(23)8-12-20/h5-12,16H,4,13-15H2,1-3H3,(H,24,27)/t16-/m1/s1. The van der Waals surface area contributed by atoms with Crippen LogP contribution in [0.5, 0.6) is 11.5 Å². The van der Waals surface area contributed by atoms with E-state index >= 15 is 0 Å². The number of nitrogens with zero attached hydrogens (tertiary/aromatic N) is 1. The first kappa shape index (κ1) is 22.6. The average Bonchev–Trinajstić information content (AvgIpc) is 2.75. The van der Waals surface area contributed by atoms with E-state index in [1.54, 1.807) is 38.3 Å². The molecular formula is C22H27ClN2O4. The van der Waals surface area contributed by atoms with Crippen molar-refractivity contribution in [3.05, 3.63) is 59.1 Å². The first-order valence-electron chi connectivity index (χ1n) is 9.53. The Hall–Kier alpha value is -2.73. The van der Waals surface area contributed by atoms with E-state index in [1.165, 1.54) is 4.90 Å². The van der Waals surface area contributed by atoms with Gasteiger partial charge in [0.05, 0.1) is 7.11 Å². The molecule has 6 nitrogen and oxygen atoms in total. The van der Waals surface area contributed by atoms with Gasteiger partial charge in [-0.25, -0.2) is 0 Å². The molecule has 0 aromatic heterocycles. The van der Waals surface area contributed by atoms with Crippen molar-refractivity contribution in [2.24, 2.45) is 0 Å². The molecule has 0 heterocycles. The van der Waals surface area contributed by atoms with Crippen LogP contribution in [0.3, 0.4) is 0 Å². The average molecular weight is 419 g/mol. The van der Waals surface area contributed by atoms with Gasteiger partial charge in [-0.15, -0.1) is 0 Å². The van der Waals surface area contributed by atoms with Gasteiger partial charge in [-0.1, -0.05) is 30.7 Å². The number of rotatable bonds is 10. The summed E-state index contributed by atoms with van der Waals surface area (Å²) >= 11 is 5.87. The fourth-order valence-electron chi connectivity index (χ4n) is 2.66. The number of amides is 2. The first-order chi connectivity index (χ1) is 13.9. The zero-order valence-electron chi connectivity index (χ0n) is 17.0. The van der Waals surface area contributed by atoms with E-state index in [-0.39, 0.29) is 25.0 Å². The molecule has 0 saturated carbocycles. The summed E-state index contributed by atoms with van der Waals surface area (Å²) < 4.78 is 10.8. The molecule has 7 heteroatoms. The van der Waals surface area contributed by atoms with Crippen LogP contribution >= 0.6 is 11.6 Å². The lowest BCUT2D eigenvalue weighted by Gasteiger charge is -2.28. The summed E-state index contributed by atoms with van der Waals surface area (Å²) in [7, 11) is 1.60. The molecule has 1 N–H and O–H groups in total. The molecule has 2 aromatic carbocycles. The number of methoxy groups -OCH3 is 1. The summed E-state index contributed by atoms with van der Waals surface area (Å²) in [6, 6.07) is 13.5. The Labute approximate surface area is 176 Å². The minimum atomic E-state index is -0.634. The van der Waals surface area contributed by atoms with Gasteiger partial charge in [0, 0.05) is 18.1 Å². The Morgan fingerprint density at radius 1 is 1.07 bits per heavy atom. The van der Waals surface area contributed by atoms with E-state index < -0.39 is 6.04 Å². The smallest absolute Gasteiger partial charge is 0.261 e. The second kappa shape index (κ2) is 11.3. The topological polar surface area (TPSA) is 67.9 Å². The molecular weight excluding hydrogens is 392 g/mol. The maximum atomic E-state index is 12.9. The Morgan fingerprint density at radius 3 is 2.28 bits per heavy atom. The van der Waals surface area contributed by atoms with Crippen LogP contribution in [0.25, 0.3) is 0 Å². The number of carbonyl (C=O) groups is 2. The van der Waals surface area contributed by atoms with Gasteiger partial charge in [-0.3, -0.25) is 9.59 Å². The molecule has 0 radical (unpaired) electrons. The van der Waals surface area contributed by atoms with Crippen molar-refractivity contribution in [3.63, 3.8) is 0 Å². The summed E-state index contributed by atoms with van der Waals surface area (Å²) in [5.74, 6) is 0.789. The molecule has 0 aliphatic heterocycles. The van der Waals surface area contributed by atoms with Crippen molar-refractivity contribution in [1.82, 2.24) is 10.2 Å². The first-order valence-corrected chi connectivity index (χ1v) is 9.90. The number of nitrogens with one attached hydrogen (secondary N) is 1. The summed E-state index contributed by atoms with van der Waals surface area (Å²) in [5.41, 5.74) is 0.890. The molecule has 29 heavy (non-hydrogen) atoms. The largest absolute Gasteiger partial charge is 0.497 e. The van der Waals surface area contributed by atoms with Gasteiger partial charge in [0.2, 0.25) is 5.91 Å². The predicted octanol–water partition coefficient (Wildman–Crippen LogP) is 3.67. The highest BCUT2D eigenvalue weighted by molar-refractivity contribution is 6.30. The van der Waals surface area contributed by atoms with Crippen molar-refractivity contribution < 1.29 is 19.1 Å². The van der Waals surface area contributed by atoms with Gasteiger partial charge in [-0.2, -0.15) is 0 Å². The van der Waals surface area contributed by atoms with E-state index in [4.69, 9.17) is 21.1 Å². The van der Waals surface area contributed by atoms with Crippen molar-refractivity contribution in [2.45, 2.75) is 32.9 Å². The zero-order chi connectivity index (χ0) is 21.2. The molecule has 0 aliphatic carbocycles. The van der Waals surface area contributed by atoms with Crippen LogP contribution in [0.15, 0.2) is 48.5 Å². The lowest BCUT2D eigenvalue weighted by molar-refractivity contribution is -0.142. The van der Waals surface area contributed by atoms with Crippen molar-refractivity contribution in [3.8, 4) is 11.5 Å². The van der Waals surface area contributed by atoms with E-state index in [2.05, 4.69) is 5.32 Å². The number of hydrogen-bond acceptors (Lipinski definition) is 4. The fraction of sp³-hybridized carbons (Fsp3) is 0.364. The zero-order valence-corrected chi connectivity index (χ0v) is 17.7. The third-order valence-corrected chi connectivity index (χ3v) is 4.66. The molecule has 0 bridgehead atoms. The van der Waals surface area contributed by atoms with Crippen molar-refractivity contribution in [2.75, 3.05) is 20.3 Å². The highest BCUT2D eigenvalue weighted by atomic mass is 35.5. The van der Waals surface area contributed by atoms with Gasteiger partial charge in [-0.05, 0) is 55.3 Å². The Morgan fingerprint density at radius 2 is 1.69 bits per heavy atom. The monoisotopic (exact) mass is 418 g/mol. The molecule has 0 unspecified atom stereocenters. The van der Waals surface area contributed by atoms with Crippen LogP contribution in [0.2, 0.25) is 5.02 Å². The Kier molecular flexibility index (Phi) is 8.80. The van der Waals surface area contributed by atoms with Gasteiger partial charge in [0.15, 0.2) is 6.61 Å². The van der Waals surface area contributed by atoms with Crippen molar-refractivity contribution >= 4 is 23.4 Å². The third kappa shape index (κ3) is 6.98. The maximum absolute atomic E-state index is 12.9. The fourth-order valence-corrected chi connectivity index (χ4v) is 2.79. The molecule has 0 spiro atoms. The van der Waals surface area contributed by atoms with Crippen LogP contribution in [0.4, 0.5) is 0 Å². The highest BCUT2D eigenvalue weighted by Gasteiger charge is 2.26. The van der Waals surface area contributed by atoms with Crippen LogP contribution in [-0.2, 0) is 16.1 Å². The molecule has 0 saturated heterocycles. The minimum Gasteiger partial charge on any atom is -0.497 e. The highest BCUT2D eigenvalue weighted by Crippen LogP contribution is 2.17. The van der Waals surface area contributed by atoms with Gasteiger partial charge in [0.25, 0.3) is 5.91 Å². The summed E-state index contributed by atoms with van der Waals surface area (Å²) in [5, 5.41) is 3.43. The second-order valence-electron chi connectivity index (χ2n) is 6.58. The van der Waals surface area contributed by atoms with Crippen LogP contribution in [0, 0.1) is 0 Å². The molecule has 1 atom stereocenters. The van der Waals surface area contributed by atoms with Crippen LogP contribution < -0.4 is 14.8 Å². The number of hydrogen-bond donors (Lipinski definition) is 1. The van der Waals surface area contributed by atoms with Crippen LogP contribution in [0.1, 0.15) is 25.8 Å². The molecule has 2 rings (SSSR count). The lowest BCUT2D eigenvalue weighted by Crippen LogP contribution is -2.49. The van der Waals surface area contributed by atoms with E-state index in [0.717, 1.165) is 17.7 Å².